The fourth-order valence-electron chi connectivity index (χ4n) is 1.49. The van der Waals surface area contributed by atoms with Crippen LogP contribution in [-0.4, -0.2) is 43.3 Å². The van der Waals surface area contributed by atoms with Crippen molar-refractivity contribution >= 4 is 5.97 Å². The van der Waals surface area contributed by atoms with Gasteiger partial charge < -0.3 is 19.3 Å². The highest BCUT2D eigenvalue weighted by Crippen LogP contribution is 2.12. The average Bonchev–Trinajstić information content (AvgIpc) is 2.85. The van der Waals surface area contributed by atoms with Crippen molar-refractivity contribution < 1.29 is 24.1 Å². The monoisotopic (exact) mass is 238 g/mol. The second-order valence-corrected chi connectivity index (χ2v) is 3.67. The van der Waals surface area contributed by atoms with E-state index < -0.39 is 12.3 Å². The van der Waals surface area contributed by atoms with E-state index in [1.165, 1.54) is 0 Å². The third-order valence-electron chi connectivity index (χ3n) is 2.38. The molecular formula is C12H14O5. The number of benzene rings is 1. The Kier molecular flexibility index (Phi) is 4.08. The molecule has 1 N–H and O–H groups in total. The van der Waals surface area contributed by atoms with Gasteiger partial charge in [-0.1, -0.05) is 18.2 Å². The average molecular weight is 238 g/mol. The van der Waals surface area contributed by atoms with Gasteiger partial charge in [-0.15, -0.1) is 0 Å². The van der Waals surface area contributed by atoms with Crippen molar-refractivity contribution in [2.45, 2.75) is 12.4 Å². The van der Waals surface area contributed by atoms with Crippen LogP contribution in [-0.2, 0) is 14.2 Å². The van der Waals surface area contributed by atoms with Gasteiger partial charge in [-0.2, -0.15) is 0 Å². The van der Waals surface area contributed by atoms with Gasteiger partial charge in [-0.3, -0.25) is 0 Å². The van der Waals surface area contributed by atoms with Crippen LogP contribution in [0.1, 0.15) is 10.4 Å². The van der Waals surface area contributed by atoms with Crippen LogP contribution in [0.15, 0.2) is 30.3 Å². The first-order chi connectivity index (χ1) is 8.29. The first-order valence-electron chi connectivity index (χ1n) is 5.39. The number of carbonyl (C=O) groups excluding carboxylic acids is 1. The van der Waals surface area contributed by atoms with Gasteiger partial charge in [-0.05, 0) is 12.1 Å². The van der Waals surface area contributed by atoms with E-state index in [0.29, 0.717) is 12.2 Å². The number of hydrogen-bond donors (Lipinski definition) is 1. The van der Waals surface area contributed by atoms with E-state index in [9.17, 15) is 4.79 Å². The quantitative estimate of drug-likeness (QED) is 0.777. The summed E-state index contributed by atoms with van der Waals surface area (Å²) in [5.41, 5.74) is 0.490. The number of esters is 1. The number of ether oxygens (including phenoxy) is 3. The van der Waals surface area contributed by atoms with E-state index >= 15 is 0 Å². The van der Waals surface area contributed by atoms with Gasteiger partial charge in [0.05, 0.1) is 18.8 Å². The van der Waals surface area contributed by atoms with Crippen LogP contribution in [0.3, 0.4) is 0 Å². The van der Waals surface area contributed by atoms with Crippen LogP contribution in [0.5, 0.6) is 0 Å². The highest BCUT2D eigenvalue weighted by atomic mass is 16.7. The molecule has 2 unspecified atom stereocenters. The van der Waals surface area contributed by atoms with Gasteiger partial charge in [0.2, 0.25) is 0 Å². The molecule has 1 saturated heterocycles. The predicted molar refractivity (Wildman–Crippen MR) is 58.4 cm³/mol. The molecule has 1 aromatic rings. The Morgan fingerprint density at radius 3 is 2.82 bits per heavy atom. The van der Waals surface area contributed by atoms with Crippen molar-refractivity contribution in [2.24, 2.45) is 0 Å². The Balaban J connectivity index is 1.78. The van der Waals surface area contributed by atoms with Gasteiger partial charge in [0.15, 0.2) is 6.29 Å². The molecule has 0 bridgehead atoms. The van der Waals surface area contributed by atoms with Gasteiger partial charge >= 0.3 is 5.97 Å². The zero-order valence-corrected chi connectivity index (χ0v) is 9.24. The van der Waals surface area contributed by atoms with E-state index in [1.54, 1.807) is 24.3 Å². The van der Waals surface area contributed by atoms with Crippen LogP contribution in [0.2, 0.25) is 0 Å². The fraction of sp³-hybridized carbons (Fsp3) is 0.417. The first-order valence-corrected chi connectivity index (χ1v) is 5.39. The summed E-state index contributed by atoms with van der Waals surface area (Å²) < 4.78 is 15.5. The normalized spacial score (nSPS) is 23.6. The maximum atomic E-state index is 11.6. The molecule has 0 amide bonds. The third-order valence-corrected chi connectivity index (χ3v) is 2.38. The summed E-state index contributed by atoms with van der Waals surface area (Å²) in [6.45, 7) is 0.261. The number of rotatable bonds is 4. The molecular weight excluding hydrogens is 224 g/mol. The van der Waals surface area contributed by atoms with Crippen molar-refractivity contribution in [1.29, 1.82) is 0 Å². The van der Waals surface area contributed by atoms with Gasteiger partial charge in [-0.25, -0.2) is 4.79 Å². The lowest BCUT2D eigenvalue weighted by molar-refractivity contribution is -0.0972. The molecule has 17 heavy (non-hydrogen) atoms. The minimum absolute atomic E-state index is 0.0320. The number of hydrogen-bond acceptors (Lipinski definition) is 5. The maximum Gasteiger partial charge on any atom is 0.338 e. The zero-order chi connectivity index (χ0) is 12.1. The predicted octanol–water partition coefficient (Wildman–Crippen LogP) is 0.577. The summed E-state index contributed by atoms with van der Waals surface area (Å²) in [6, 6.07) is 8.71. The van der Waals surface area contributed by atoms with Crippen molar-refractivity contribution in [1.82, 2.24) is 0 Å². The lowest BCUT2D eigenvalue weighted by Crippen LogP contribution is -2.21. The second-order valence-electron chi connectivity index (χ2n) is 3.67. The smallest absolute Gasteiger partial charge is 0.338 e. The van der Waals surface area contributed by atoms with Gasteiger partial charge in [0.1, 0.15) is 12.7 Å². The van der Waals surface area contributed by atoms with Gasteiger partial charge in [0.25, 0.3) is 0 Å². The van der Waals surface area contributed by atoms with E-state index in [4.69, 9.17) is 19.3 Å². The Morgan fingerprint density at radius 1 is 1.41 bits per heavy atom. The van der Waals surface area contributed by atoms with E-state index in [2.05, 4.69) is 0 Å². The summed E-state index contributed by atoms with van der Waals surface area (Å²) in [6.07, 6.45) is -0.907. The van der Waals surface area contributed by atoms with Crippen molar-refractivity contribution in [3.8, 4) is 0 Å². The molecule has 1 aromatic carbocycles. The maximum absolute atomic E-state index is 11.6. The number of carbonyl (C=O) groups is 1. The highest BCUT2D eigenvalue weighted by Gasteiger charge is 2.26. The van der Waals surface area contributed by atoms with E-state index in [-0.39, 0.29) is 19.3 Å². The van der Waals surface area contributed by atoms with Crippen molar-refractivity contribution in [2.75, 3.05) is 19.8 Å². The Hall–Kier alpha value is -1.43. The summed E-state index contributed by atoms with van der Waals surface area (Å²) >= 11 is 0. The van der Waals surface area contributed by atoms with Gasteiger partial charge in [0, 0.05) is 0 Å². The molecule has 5 nitrogen and oxygen atoms in total. The molecule has 0 spiro atoms. The zero-order valence-electron chi connectivity index (χ0n) is 9.24. The molecule has 2 rings (SSSR count). The Morgan fingerprint density at radius 2 is 2.18 bits per heavy atom. The largest absolute Gasteiger partial charge is 0.457 e. The SMILES string of the molecule is O=C(OCC1OCC(CO)O1)c1ccccc1. The van der Waals surface area contributed by atoms with Crippen LogP contribution < -0.4 is 0 Å². The van der Waals surface area contributed by atoms with E-state index in [1.807, 2.05) is 6.07 Å². The van der Waals surface area contributed by atoms with Crippen molar-refractivity contribution in [3.63, 3.8) is 0 Å². The highest BCUT2D eigenvalue weighted by molar-refractivity contribution is 5.89. The lowest BCUT2D eigenvalue weighted by Gasteiger charge is -2.10. The fourth-order valence-corrected chi connectivity index (χ4v) is 1.49. The summed E-state index contributed by atoms with van der Waals surface area (Å²) in [5.74, 6) is -0.412. The molecule has 1 fully saturated rings. The molecule has 1 aliphatic rings. The molecule has 0 saturated carbocycles. The standard InChI is InChI=1S/C12H14O5/c13-6-10-7-15-11(17-10)8-16-12(14)9-4-2-1-3-5-9/h1-5,10-11,13H,6-8H2. The summed E-state index contributed by atoms with van der Waals surface area (Å²) in [4.78, 5) is 11.6. The molecule has 1 heterocycles. The summed E-state index contributed by atoms with van der Waals surface area (Å²) in [5, 5.41) is 8.83. The van der Waals surface area contributed by atoms with Crippen LogP contribution in [0, 0.1) is 0 Å². The molecule has 0 radical (unpaired) electrons. The topological polar surface area (TPSA) is 65.0 Å². The molecule has 5 heteroatoms. The second kappa shape index (κ2) is 5.77. The number of aliphatic hydroxyl groups is 1. The molecule has 0 aliphatic carbocycles. The minimum Gasteiger partial charge on any atom is -0.457 e. The molecule has 0 aromatic heterocycles. The molecule has 2 atom stereocenters. The van der Waals surface area contributed by atoms with Crippen molar-refractivity contribution in [3.05, 3.63) is 35.9 Å². The third kappa shape index (κ3) is 3.26. The minimum atomic E-state index is -0.584. The Labute approximate surface area is 98.9 Å². The van der Waals surface area contributed by atoms with E-state index in [0.717, 1.165) is 0 Å². The molecule has 92 valence electrons. The first kappa shape index (κ1) is 12.0. The van der Waals surface area contributed by atoms with Crippen LogP contribution >= 0.6 is 0 Å². The van der Waals surface area contributed by atoms with Crippen LogP contribution in [0.25, 0.3) is 0 Å². The Bertz CT molecular complexity index is 364. The molecule has 1 aliphatic heterocycles. The summed E-state index contributed by atoms with van der Waals surface area (Å²) in [7, 11) is 0. The lowest BCUT2D eigenvalue weighted by atomic mass is 10.2. The number of aliphatic hydroxyl groups excluding tert-OH is 1. The van der Waals surface area contributed by atoms with Crippen LogP contribution in [0.4, 0.5) is 0 Å².